The molecule has 138 valence electrons. The number of fused-ring (bicyclic) bond motifs is 1. The Bertz CT molecular complexity index is 934. The first-order valence-electron chi connectivity index (χ1n) is 9.05. The predicted octanol–water partition coefficient (Wildman–Crippen LogP) is 2.23. The number of rotatable bonds is 3. The third-order valence-corrected chi connectivity index (χ3v) is 7.23. The third-order valence-electron chi connectivity index (χ3n) is 5.44. The molecule has 0 unspecified atom stereocenters. The summed E-state index contributed by atoms with van der Waals surface area (Å²) in [5.74, 6) is 0.239. The van der Waals surface area contributed by atoms with Crippen molar-refractivity contribution in [3.8, 4) is 0 Å². The smallest absolute Gasteiger partial charge is 0.224 e. The van der Waals surface area contributed by atoms with E-state index in [0.29, 0.717) is 25.9 Å². The number of sulfone groups is 1. The largest absolute Gasteiger partial charge is 0.374 e. The molecule has 0 saturated carbocycles. The first kappa shape index (κ1) is 17.5. The van der Waals surface area contributed by atoms with Crippen molar-refractivity contribution in [3.63, 3.8) is 0 Å². The monoisotopic (exact) mass is 373 g/mol. The molecule has 2 aliphatic heterocycles. The van der Waals surface area contributed by atoms with Crippen LogP contribution in [0.3, 0.4) is 0 Å². The van der Waals surface area contributed by atoms with Crippen molar-refractivity contribution in [1.29, 1.82) is 0 Å². The van der Waals surface area contributed by atoms with Gasteiger partial charge in [-0.15, -0.1) is 0 Å². The van der Waals surface area contributed by atoms with E-state index in [4.69, 9.17) is 4.74 Å². The fourth-order valence-electron chi connectivity index (χ4n) is 4.21. The van der Waals surface area contributed by atoms with E-state index >= 15 is 0 Å². The average Bonchev–Trinajstić information content (AvgIpc) is 2.89. The van der Waals surface area contributed by atoms with Crippen LogP contribution in [0.25, 0.3) is 10.8 Å². The number of nitrogens with one attached hydrogen (secondary N) is 1. The molecular weight excluding hydrogens is 350 g/mol. The van der Waals surface area contributed by atoms with Gasteiger partial charge in [0, 0.05) is 12.6 Å². The van der Waals surface area contributed by atoms with E-state index in [-0.39, 0.29) is 23.5 Å². The van der Waals surface area contributed by atoms with Crippen molar-refractivity contribution in [2.75, 3.05) is 18.1 Å². The van der Waals surface area contributed by atoms with E-state index < -0.39 is 15.4 Å². The van der Waals surface area contributed by atoms with E-state index in [9.17, 15) is 13.2 Å². The summed E-state index contributed by atoms with van der Waals surface area (Å²) >= 11 is 0. The molecule has 0 bridgehead atoms. The van der Waals surface area contributed by atoms with E-state index in [1.807, 2.05) is 42.5 Å². The Balaban J connectivity index is 1.43. The standard InChI is InChI=1S/C20H23NO4S/c22-19(12-16-6-3-5-15-4-1-2-7-18(15)16)21-17-8-10-25-20(13-17)9-11-26(23,24)14-20/h1-7,17H,8-14H2,(H,21,22)/t17-,20-/m0/s1. The molecule has 2 fully saturated rings. The van der Waals surface area contributed by atoms with Crippen molar-refractivity contribution < 1.29 is 17.9 Å². The van der Waals surface area contributed by atoms with Gasteiger partial charge in [0.15, 0.2) is 9.84 Å². The Morgan fingerprint density at radius 3 is 2.81 bits per heavy atom. The van der Waals surface area contributed by atoms with Gasteiger partial charge in [0.25, 0.3) is 0 Å². The third kappa shape index (κ3) is 3.62. The van der Waals surface area contributed by atoms with Crippen molar-refractivity contribution >= 4 is 26.5 Å². The summed E-state index contributed by atoms with van der Waals surface area (Å²) in [6, 6.07) is 14.0. The molecule has 2 aliphatic rings. The fraction of sp³-hybridized carbons (Fsp3) is 0.450. The Labute approximate surface area is 153 Å². The van der Waals surface area contributed by atoms with Crippen molar-refractivity contribution in [2.24, 2.45) is 0 Å². The van der Waals surface area contributed by atoms with Crippen LogP contribution in [0.2, 0.25) is 0 Å². The van der Waals surface area contributed by atoms with Gasteiger partial charge in [0.1, 0.15) is 0 Å². The molecule has 2 aromatic carbocycles. The summed E-state index contributed by atoms with van der Waals surface area (Å²) in [4.78, 5) is 12.6. The number of hydrogen-bond acceptors (Lipinski definition) is 4. The minimum atomic E-state index is -3.02. The van der Waals surface area contributed by atoms with Gasteiger partial charge in [0.2, 0.25) is 5.91 Å². The predicted molar refractivity (Wildman–Crippen MR) is 101 cm³/mol. The molecule has 0 aliphatic carbocycles. The van der Waals surface area contributed by atoms with Gasteiger partial charge in [-0.25, -0.2) is 8.42 Å². The highest BCUT2D eigenvalue weighted by atomic mass is 32.2. The van der Waals surface area contributed by atoms with Gasteiger partial charge in [-0.1, -0.05) is 42.5 Å². The van der Waals surface area contributed by atoms with Gasteiger partial charge < -0.3 is 10.1 Å². The topological polar surface area (TPSA) is 72.5 Å². The van der Waals surface area contributed by atoms with Crippen LogP contribution in [0.5, 0.6) is 0 Å². The molecule has 6 heteroatoms. The fourth-order valence-corrected chi connectivity index (χ4v) is 6.19. The number of amides is 1. The molecule has 2 aromatic rings. The zero-order valence-corrected chi connectivity index (χ0v) is 15.4. The number of carbonyl (C=O) groups excluding carboxylic acids is 1. The van der Waals surface area contributed by atoms with Crippen LogP contribution in [0.1, 0.15) is 24.8 Å². The normalized spacial score (nSPS) is 27.6. The van der Waals surface area contributed by atoms with Gasteiger partial charge in [0.05, 0.1) is 23.5 Å². The van der Waals surface area contributed by atoms with Crippen LogP contribution in [0.4, 0.5) is 0 Å². The molecule has 2 heterocycles. The quantitative estimate of drug-likeness (QED) is 0.896. The second-order valence-electron chi connectivity index (χ2n) is 7.45. The minimum absolute atomic E-state index is 0.0238. The molecule has 0 aromatic heterocycles. The number of ether oxygens (including phenoxy) is 1. The molecule has 0 radical (unpaired) electrons. The molecule has 26 heavy (non-hydrogen) atoms. The van der Waals surface area contributed by atoms with Crippen LogP contribution in [0, 0.1) is 0 Å². The van der Waals surface area contributed by atoms with Crippen LogP contribution >= 0.6 is 0 Å². The minimum Gasteiger partial charge on any atom is -0.374 e. The molecule has 1 spiro atoms. The maximum absolute atomic E-state index is 12.6. The Hall–Kier alpha value is -1.92. The second kappa shape index (κ2) is 6.67. The van der Waals surface area contributed by atoms with Crippen LogP contribution in [-0.4, -0.2) is 44.1 Å². The molecular formula is C20H23NO4S. The Morgan fingerprint density at radius 1 is 1.19 bits per heavy atom. The van der Waals surface area contributed by atoms with E-state index in [0.717, 1.165) is 22.8 Å². The molecule has 2 saturated heterocycles. The Kier molecular flexibility index (Phi) is 4.49. The van der Waals surface area contributed by atoms with E-state index in [1.54, 1.807) is 0 Å². The van der Waals surface area contributed by atoms with Crippen molar-refractivity contribution in [3.05, 3.63) is 48.0 Å². The van der Waals surface area contributed by atoms with Crippen molar-refractivity contribution in [2.45, 2.75) is 37.3 Å². The summed E-state index contributed by atoms with van der Waals surface area (Å²) < 4.78 is 29.5. The molecule has 1 amide bonds. The van der Waals surface area contributed by atoms with Gasteiger partial charge >= 0.3 is 0 Å². The zero-order valence-electron chi connectivity index (χ0n) is 14.6. The van der Waals surface area contributed by atoms with Gasteiger partial charge in [-0.05, 0) is 35.6 Å². The first-order chi connectivity index (χ1) is 12.4. The number of benzene rings is 2. The summed E-state index contributed by atoms with van der Waals surface area (Å²) in [6.07, 6.45) is 2.16. The maximum atomic E-state index is 12.6. The summed E-state index contributed by atoms with van der Waals surface area (Å²) in [5.41, 5.74) is 0.403. The van der Waals surface area contributed by atoms with Gasteiger partial charge in [-0.3, -0.25) is 4.79 Å². The number of carbonyl (C=O) groups is 1. The first-order valence-corrected chi connectivity index (χ1v) is 10.9. The van der Waals surface area contributed by atoms with Crippen molar-refractivity contribution in [1.82, 2.24) is 5.32 Å². The molecule has 5 nitrogen and oxygen atoms in total. The summed E-state index contributed by atoms with van der Waals surface area (Å²) in [7, 11) is -3.02. The van der Waals surface area contributed by atoms with E-state index in [2.05, 4.69) is 5.32 Å². The van der Waals surface area contributed by atoms with E-state index in [1.165, 1.54) is 0 Å². The van der Waals surface area contributed by atoms with Crippen LogP contribution in [-0.2, 0) is 25.8 Å². The highest BCUT2D eigenvalue weighted by molar-refractivity contribution is 7.91. The zero-order chi connectivity index (χ0) is 18.2. The molecule has 4 rings (SSSR count). The SMILES string of the molecule is O=C(Cc1cccc2ccccc12)N[C@H]1CCO[C@@]2(CCS(=O)(=O)C2)C1. The molecule has 2 atom stereocenters. The highest BCUT2D eigenvalue weighted by Gasteiger charge is 2.46. The second-order valence-corrected chi connectivity index (χ2v) is 9.63. The van der Waals surface area contributed by atoms with Gasteiger partial charge in [-0.2, -0.15) is 0 Å². The highest BCUT2D eigenvalue weighted by Crippen LogP contribution is 2.35. The lowest BCUT2D eigenvalue weighted by molar-refractivity contribution is -0.123. The summed E-state index contributed by atoms with van der Waals surface area (Å²) in [6.45, 7) is 0.495. The van der Waals surface area contributed by atoms with Crippen LogP contribution in [0.15, 0.2) is 42.5 Å². The summed E-state index contributed by atoms with van der Waals surface area (Å²) in [5, 5.41) is 5.31. The number of hydrogen-bond donors (Lipinski definition) is 1. The average molecular weight is 373 g/mol. The Morgan fingerprint density at radius 2 is 2.00 bits per heavy atom. The van der Waals surface area contributed by atoms with Crippen LogP contribution < -0.4 is 5.32 Å². The lowest BCUT2D eigenvalue weighted by Crippen LogP contribution is -2.49. The lowest BCUT2D eigenvalue weighted by atomic mass is 9.89. The molecule has 1 N–H and O–H groups in total. The maximum Gasteiger partial charge on any atom is 0.224 e. The lowest BCUT2D eigenvalue weighted by Gasteiger charge is -2.37.